The number of benzene rings is 3. The van der Waals surface area contributed by atoms with Crippen LogP contribution in [0.25, 0.3) is 0 Å². The van der Waals surface area contributed by atoms with Crippen molar-refractivity contribution in [3.63, 3.8) is 0 Å². The molecule has 1 N–H and O–H groups in total. The maximum absolute atomic E-state index is 10.6. The van der Waals surface area contributed by atoms with E-state index in [1.54, 1.807) is 6.07 Å². The average molecular weight is 446 g/mol. The van der Waals surface area contributed by atoms with Crippen molar-refractivity contribution in [3.8, 4) is 11.5 Å². The van der Waals surface area contributed by atoms with E-state index in [4.69, 9.17) is 44.6 Å². The Morgan fingerprint density at radius 1 is 0.931 bits per heavy atom. The fourth-order valence-electron chi connectivity index (χ4n) is 3.83. The van der Waals surface area contributed by atoms with Gasteiger partial charge in [0, 0.05) is 22.0 Å². The van der Waals surface area contributed by atoms with Gasteiger partial charge in [0.1, 0.15) is 11.5 Å². The number of rotatable bonds is 2. The van der Waals surface area contributed by atoms with E-state index in [0.717, 1.165) is 22.6 Å². The predicted molar refractivity (Wildman–Crippen MR) is 115 cm³/mol. The van der Waals surface area contributed by atoms with Crippen molar-refractivity contribution in [2.45, 2.75) is 18.7 Å². The molecule has 0 radical (unpaired) electrons. The molecular weight excluding hydrogens is 431 g/mol. The van der Waals surface area contributed by atoms with Gasteiger partial charge in [-0.3, -0.25) is 0 Å². The van der Waals surface area contributed by atoms with Crippen LogP contribution in [0.15, 0.2) is 65.8 Å². The average Bonchev–Trinajstić information content (AvgIpc) is 3.16. The standard InChI is InChI=1S/C22H15Cl3N2O2/c23-13-7-5-12(6-8-13)18-11-19-15-3-1-2-4-20(15)29-22(27(19)26-18)16-9-14(24)10-17(25)21(16)28/h1-10,19,22,28H,11H2/t19-,22-/m1/s1. The van der Waals surface area contributed by atoms with Crippen LogP contribution in [0.5, 0.6) is 11.5 Å². The van der Waals surface area contributed by atoms with Crippen molar-refractivity contribution in [2.75, 3.05) is 0 Å². The molecule has 2 heterocycles. The summed E-state index contributed by atoms with van der Waals surface area (Å²) < 4.78 is 6.25. The van der Waals surface area contributed by atoms with Crippen LogP contribution >= 0.6 is 34.8 Å². The van der Waals surface area contributed by atoms with Crippen molar-refractivity contribution >= 4 is 40.5 Å². The van der Waals surface area contributed by atoms with Crippen LogP contribution < -0.4 is 4.74 Å². The highest BCUT2D eigenvalue weighted by molar-refractivity contribution is 6.35. The van der Waals surface area contributed by atoms with Gasteiger partial charge in [-0.15, -0.1) is 0 Å². The fourth-order valence-corrected chi connectivity index (χ4v) is 4.47. The highest BCUT2D eigenvalue weighted by Crippen LogP contribution is 2.49. The highest BCUT2D eigenvalue weighted by Gasteiger charge is 2.42. The van der Waals surface area contributed by atoms with Crippen LogP contribution in [0.2, 0.25) is 15.1 Å². The quantitative estimate of drug-likeness (QED) is 0.483. The molecule has 5 rings (SSSR count). The summed E-state index contributed by atoms with van der Waals surface area (Å²) in [5.41, 5.74) is 3.44. The molecule has 0 fully saturated rings. The van der Waals surface area contributed by atoms with E-state index in [1.807, 2.05) is 53.5 Å². The van der Waals surface area contributed by atoms with E-state index in [-0.39, 0.29) is 16.8 Å². The molecule has 3 aromatic rings. The fraction of sp³-hybridized carbons (Fsp3) is 0.136. The molecule has 2 aliphatic rings. The molecule has 0 unspecified atom stereocenters. The summed E-state index contributed by atoms with van der Waals surface area (Å²) >= 11 is 18.4. The SMILES string of the molecule is Oc1c(Cl)cc(Cl)cc1[C@H]1Oc2ccccc2[C@H]2CC(c3ccc(Cl)cc3)=NN21. The minimum Gasteiger partial charge on any atom is -0.506 e. The predicted octanol–water partition coefficient (Wildman–Crippen LogP) is 6.59. The Kier molecular flexibility index (Phi) is 4.58. The molecule has 2 atom stereocenters. The lowest BCUT2D eigenvalue weighted by atomic mass is 9.96. The van der Waals surface area contributed by atoms with Crippen LogP contribution in [0, 0.1) is 0 Å². The van der Waals surface area contributed by atoms with Crippen molar-refractivity contribution in [3.05, 3.63) is 92.4 Å². The maximum atomic E-state index is 10.6. The van der Waals surface area contributed by atoms with Gasteiger partial charge in [0.2, 0.25) is 6.23 Å². The molecule has 0 spiro atoms. The number of ether oxygens (including phenoxy) is 1. The number of para-hydroxylation sites is 1. The van der Waals surface area contributed by atoms with Gasteiger partial charge >= 0.3 is 0 Å². The molecule has 3 aromatic carbocycles. The maximum Gasteiger partial charge on any atom is 0.217 e. The Bertz CT molecular complexity index is 1130. The van der Waals surface area contributed by atoms with Crippen LogP contribution in [-0.4, -0.2) is 15.8 Å². The second-order valence-corrected chi connectivity index (χ2v) is 8.27. The van der Waals surface area contributed by atoms with Crippen LogP contribution in [0.4, 0.5) is 0 Å². The molecule has 7 heteroatoms. The zero-order chi connectivity index (χ0) is 20.1. The number of aromatic hydroxyl groups is 1. The lowest BCUT2D eigenvalue weighted by Gasteiger charge is -2.38. The first-order chi connectivity index (χ1) is 14.0. The van der Waals surface area contributed by atoms with Crippen LogP contribution in [-0.2, 0) is 0 Å². The monoisotopic (exact) mass is 444 g/mol. The van der Waals surface area contributed by atoms with E-state index in [1.165, 1.54) is 6.07 Å². The van der Waals surface area contributed by atoms with Gasteiger partial charge < -0.3 is 9.84 Å². The van der Waals surface area contributed by atoms with Crippen molar-refractivity contribution < 1.29 is 9.84 Å². The van der Waals surface area contributed by atoms with Crippen LogP contribution in [0.1, 0.15) is 35.4 Å². The Morgan fingerprint density at radius 2 is 1.69 bits per heavy atom. The van der Waals surface area contributed by atoms with Gasteiger partial charge in [-0.1, -0.05) is 65.1 Å². The minimum atomic E-state index is -0.657. The molecule has 0 aliphatic carbocycles. The molecule has 2 aliphatic heterocycles. The van der Waals surface area contributed by atoms with Gasteiger partial charge in [-0.25, -0.2) is 5.01 Å². The number of fused-ring (bicyclic) bond motifs is 3. The minimum absolute atomic E-state index is 0.0345. The lowest BCUT2D eigenvalue weighted by molar-refractivity contribution is -0.0203. The normalized spacial score (nSPS) is 20.0. The van der Waals surface area contributed by atoms with Crippen molar-refractivity contribution in [1.29, 1.82) is 0 Å². The summed E-state index contributed by atoms with van der Waals surface area (Å²) in [6, 6.07) is 18.6. The van der Waals surface area contributed by atoms with Gasteiger partial charge in [-0.05, 0) is 35.9 Å². The summed E-state index contributed by atoms with van der Waals surface area (Å²) in [5.74, 6) is 0.691. The largest absolute Gasteiger partial charge is 0.506 e. The summed E-state index contributed by atoms with van der Waals surface area (Å²) in [5, 5.41) is 18.6. The number of halogens is 3. The first-order valence-corrected chi connectivity index (χ1v) is 10.2. The van der Waals surface area contributed by atoms with Gasteiger partial charge in [0.15, 0.2) is 0 Å². The Balaban J connectivity index is 1.63. The molecule has 146 valence electrons. The number of nitrogens with zero attached hydrogens (tertiary/aromatic N) is 2. The van der Waals surface area contributed by atoms with Crippen LogP contribution in [0.3, 0.4) is 0 Å². The smallest absolute Gasteiger partial charge is 0.217 e. The zero-order valence-electron chi connectivity index (χ0n) is 15.0. The Labute approximate surface area is 182 Å². The third kappa shape index (κ3) is 3.21. The molecule has 29 heavy (non-hydrogen) atoms. The van der Waals surface area contributed by atoms with Gasteiger partial charge in [0.05, 0.1) is 22.3 Å². The molecule has 0 amide bonds. The van der Waals surface area contributed by atoms with Gasteiger partial charge in [0.25, 0.3) is 0 Å². The molecule has 4 nitrogen and oxygen atoms in total. The third-order valence-corrected chi connectivity index (χ3v) is 5.96. The number of phenolic OH excluding ortho intramolecular Hbond substituents is 1. The summed E-state index contributed by atoms with van der Waals surface area (Å²) in [6.45, 7) is 0. The van der Waals surface area contributed by atoms with Crippen molar-refractivity contribution in [2.24, 2.45) is 5.10 Å². The molecule has 0 bridgehead atoms. The molecule has 0 saturated heterocycles. The number of hydrazone groups is 1. The van der Waals surface area contributed by atoms with E-state index >= 15 is 0 Å². The highest BCUT2D eigenvalue weighted by atomic mass is 35.5. The Morgan fingerprint density at radius 3 is 2.48 bits per heavy atom. The Hall–Kier alpha value is -2.40. The van der Waals surface area contributed by atoms with E-state index in [2.05, 4.69) is 0 Å². The molecular formula is C22H15Cl3N2O2. The summed E-state index contributed by atoms with van der Waals surface area (Å²) in [6.07, 6.45) is 0.0454. The zero-order valence-corrected chi connectivity index (χ0v) is 17.3. The molecule has 0 aromatic heterocycles. The first-order valence-electron chi connectivity index (χ1n) is 9.06. The van der Waals surface area contributed by atoms with E-state index in [0.29, 0.717) is 22.0 Å². The lowest BCUT2D eigenvalue weighted by Crippen LogP contribution is -2.33. The number of hydrogen-bond donors (Lipinski definition) is 1. The topological polar surface area (TPSA) is 45.1 Å². The molecule has 0 saturated carbocycles. The summed E-state index contributed by atoms with van der Waals surface area (Å²) in [4.78, 5) is 0. The first kappa shape index (κ1) is 18.6. The number of phenols is 1. The second-order valence-electron chi connectivity index (χ2n) is 6.99. The summed E-state index contributed by atoms with van der Waals surface area (Å²) in [7, 11) is 0. The second kappa shape index (κ2) is 7.13. The number of hydrogen-bond acceptors (Lipinski definition) is 4. The third-order valence-electron chi connectivity index (χ3n) is 5.20. The van der Waals surface area contributed by atoms with Gasteiger partial charge in [-0.2, -0.15) is 5.10 Å². The van der Waals surface area contributed by atoms with Crippen molar-refractivity contribution in [1.82, 2.24) is 5.01 Å². The van der Waals surface area contributed by atoms with E-state index < -0.39 is 6.23 Å². The van der Waals surface area contributed by atoms with E-state index in [9.17, 15) is 5.11 Å².